The van der Waals surface area contributed by atoms with Gasteiger partial charge in [-0.05, 0) is 18.9 Å². The SMILES string of the molecule is C=C/C=C1/C(SCC=C)=NCC/C1=C/C. The predicted molar refractivity (Wildman–Crippen MR) is 71.6 cm³/mol. The molecular weight excluding hydrogens is 202 g/mol. The van der Waals surface area contributed by atoms with Crippen molar-refractivity contribution in [1.82, 2.24) is 0 Å². The first kappa shape index (κ1) is 12.1. The highest BCUT2D eigenvalue weighted by Crippen LogP contribution is 2.26. The lowest BCUT2D eigenvalue weighted by atomic mass is 10.0. The van der Waals surface area contributed by atoms with Crippen LogP contribution in [0.2, 0.25) is 0 Å². The molecule has 0 atom stereocenters. The maximum Gasteiger partial charge on any atom is 0.0982 e. The summed E-state index contributed by atoms with van der Waals surface area (Å²) in [6.45, 7) is 10.4. The molecule has 1 heterocycles. The molecule has 1 aliphatic rings. The third-order valence-corrected chi connectivity index (χ3v) is 3.21. The third kappa shape index (κ3) is 3.24. The summed E-state index contributed by atoms with van der Waals surface area (Å²) in [7, 11) is 0. The van der Waals surface area contributed by atoms with Gasteiger partial charge in [0.2, 0.25) is 0 Å². The minimum absolute atomic E-state index is 0.896. The summed E-state index contributed by atoms with van der Waals surface area (Å²) >= 11 is 1.74. The van der Waals surface area contributed by atoms with Gasteiger partial charge in [0.05, 0.1) is 5.04 Å². The molecule has 0 N–H and O–H groups in total. The van der Waals surface area contributed by atoms with Gasteiger partial charge in [-0.2, -0.15) is 0 Å². The molecule has 1 aliphatic heterocycles. The molecule has 1 nitrogen and oxygen atoms in total. The monoisotopic (exact) mass is 219 g/mol. The van der Waals surface area contributed by atoms with E-state index in [9.17, 15) is 0 Å². The fourth-order valence-electron chi connectivity index (χ4n) is 1.49. The van der Waals surface area contributed by atoms with Gasteiger partial charge in [0.25, 0.3) is 0 Å². The Morgan fingerprint density at radius 2 is 2.27 bits per heavy atom. The lowest BCUT2D eigenvalue weighted by Gasteiger charge is -2.18. The second-order valence-electron chi connectivity index (χ2n) is 3.17. The van der Waals surface area contributed by atoms with Gasteiger partial charge in [0, 0.05) is 17.9 Å². The first-order valence-corrected chi connectivity index (χ1v) is 6.08. The number of hydrogen-bond donors (Lipinski definition) is 0. The van der Waals surface area contributed by atoms with Crippen molar-refractivity contribution in [2.75, 3.05) is 12.3 Å². The van der Waals surface area contributed by atoms with Crippen LogP contribution in [0.15, 0.2) is 53.6 Å². The van der Waals surface area contributed by atoms with E-state index in [1.54, 1.807) is 11.8 Å². The summed E-state index contributed by atoms with van der Waals surface area (Å²) in [6, 6.07) is 0. The lowest BCUT2D eigenvalue weighted by molar-refractivity contribution is 0.945. The number of nitrogens with zero attached hydrogens (tertiary/aromatic N) is 1. The Hall–Kier alpha value is -1.02. The van der Waals surface area contributed by atoms with Crippen molar-refractivity contribution in [3.63, 3.8) is 0 Å². The first-order valence-electron chi connectivity index (χ1n) is 5.10. The molecule has 15 heavy (non-hydrogen) atoms. The van der Waals surface area contributed by atoms with E-state index in [4.69, 9.17) is 0 Å². The average Bonchev–Trinajstić information content (AvgIpc) is 2.28. The van der Waals surface area contributed by atoms with Crippen molar-refractivity contribution < 1.29 is 0 Å². The molecule has 0 spiro atoms. The van der Waals surface area contributed by atoms with Gasteiger partial charge in [-0.25, -0.2) is 0 Å². The number of aliphatic imine (C=N–C) groups is 1. The zero-order valence-electron chi connectivity index (χ0n) is 9.20. The molecule has 0 aliphatic carbocycles. The molecule has 0 saturated carbocycles. The van der Waals surface area contributed by atoms with Crippen LogP contribution in [0.3, 0.4) is 0 Å². The van der Waals surface area contributed by atoms with Crippen LogP contribution in [0.25, 0.3) is 0 Å². The third-order valence-electron chi connectivity index (χ3n) is 2.18. The molecule has 80 valence electrons. The zero-order valence-corrected chi connectivity index (χ0v) is 10.0. The van der Waals surface area contributed by atoms with Crippen molar-refractivity contribution in [2.24, 2.45) is 4.99 Å². The second-order valence-corrected chi connectivity index (χ2v) is 4.18. The van der Waals surface area contributed by atoms with Gasteiger partial charge >= 0.3 is 0 Å². The molecule has 0 amide bonds. The molecular formula is C13H17NS. The molecule has 0 saturated heterocycles. The Labute approximate surface area is 96.4 Å². The minimum Gasteiger partial charge on any atom is -0.277 e. The van der Waals surface area contributed by atoms with Gasteiger partial charge < -0.3 is 0 Å². The van der Waals surface area contributed by atoms with E-state index in [-0.39, 0.29) is 0 Å². The van der Waals surface area contributed by atoms with Gasteiger partial charge in [0.1, 0.15) is 0 Å². The number of thioether (sulfide) groups is 1. The van der Waals surface area contributed by atoms with E-state index in [0.717, 1.165) is 23.8 Å². The summed E-state index contributed by atoms with van der Waals surface area (Å²) in [4.78, 5) is 4.54. The van der Waals surface area contributed by atoms with Crippen molar-refractivity contribution in [2.45, 2.75) is 13.3 Å². The Morgan fingerprint density at radius 1 is 1.47 bits per heavy atom. The summed E-state index contributed by atoms with van der Waals surface area (Å²) in [5.74, 6) is 0.907. The molecule has 0 aromatic heterocycles. The molecule has 0 unspecified atom stereocenters. The highest BCUT2D eigenvalue weighted by molar-refractivity contribution is 8.14. The van der Waals surface area contributed by atoms with Crippen molar-refractivity contribution in [3.8, 4) is 0 Å². The Kier molecular flexibility index (Phi) is 5.19. The molecule has 0 aromatic rings. The van der Waals surface area contributed by atoms with Crippen LogP contribution in [-0.2, 0) is 0 Å². The van der Waals surface area contributed by atoms with E-state index < -0.39 is 0 Å². The molecule has 2 heteroatoms. The van der Waals surface area contributed by atoms with Crippen LogP contribution in [0.4, 0.5) is 0 Å². The summed E-state index contributed by atoms with van der Waals surface area (Å²) in [5.41, 5.74) is 2.60. The van der Waals surface area contributed by atoms with Crippen molar-refractivity contribution in [3.05, 3.63) is 48.6 Å². The average molecular weight is 219 g/mol. The number of hydrogen-bond acceptors (Lipinski definition) is 2. The van der Waals surface area contributed by atoms with E-state index in [0.29, 0.717) is 0 Å². The molecule has 0 aromatic carbocycles. The molecule has 0 bridgehead atoms. The van der Waals surface area contributed by atoms with Gasteiger partial charge in [-0.1, -0.05) is 30.9 Å². The smallest absolute Gasteiger partial charge is 0.0982 e. The maximum absolute atomic E-state index is 4.54. The minimum atomic E-state index is 0.896. The van der Waals surface area contributed by atoms with Crippen molar-refractivity contribution >= 4 is 16.8 Å². The second kappa shape index (κ2) is 6.46. The van der Waals surface area contributed by atoms with E-state index in [2.05, 4.69) is 31.2 Å². The first-order chi connectivity index (χ1) is 7.33. The Balaban J connectivity index is 2.92. The van der Waals surface area contributed by atoms with Crippen LogP contribution in [0.5, 0.6) is 0 Å². The zero-order chi connectivity index (χ0) is 11.1. The highest BCUT2D eigenvalue weighted by atomic mass is 32.2. The van der Waals surface area contributed by atoms with Crippen LogP contribution in [-0.4, -0.2) is 17.3 Å². The van der Waals surface area contributed by atoms with E-state index >= 15 is 0 Å². The summed E-state index contributed by atoms with van der Waals surface area (Å²) < 4.78 is 0. The van der Waals surface area contributed by atoms with Crippen LogP contribution >= 0.6 is 11.8 Å². The maximum atomic E-state index is 4.54. The van der Waals surface area contributed by atoms with Crippen molar-refractivity contribution in [1.29, 1.82) is 0 Å². The molecule has 0 radical (unpaired) electrons. The normalized spacial score (nSPS) is 21.5. The topological polar surface area (TPSA) is 12.4 Å². The summed E-state index contributed by atoms with van der Waals surface area (Å²) in [5, 5.41) is 1.12. The quantitative estimate of drug-likeness (QED) is 0.658. The fraction of sp³-hybridized carbons (Fsp3) is 0.308. The number of rotatable bonds is 3. The van der Waals surface area contributed by atoms with E-state index in [1.807, 2.05) is 18.2 Å². The van der Waals surface area contributed by atoms with Gasteiger partial charge in [-0.3, -0.25) is 4.99 Å². The standard InChI is InChI=1S/C13H17NS/c1-4-7-12-11(6-3)8-9-14-13(12)15-10-5-2/h4-7H,1-2,8-10H2,3H3/b11-6-,12-7+. The van der Waals surface area contributed by atoms with Crippen LogP contribution in [0.1, 0.15) is 13.3 Å². The Bertz CT molecular complexity index is 334. The van der Waals surface area contributed by atoms with Gasteiger partial charge in [0.15, 0.2) is 0 Å². The van der Waals surface area contributed by atoms with Gasteiger partial charge in [-0.15, -0.1) is 18.3 Å². The fourth-order valence-corrected chi connectivity index (χ4v) is 2.31. The van der Waals surface area contributed by atoms with Crippen LogP contribution < -0.4 is 0 Å². The number of allylic oxidation sites excluding steroid dienone is 3. The lowest BCUT2D eigenvalue weighted by Crippen LogP contribution is -2.10. The molecule has 1 rings (SSSR count). The van der Waals surface area contributed by atoms with Crippen LogP contribution in [0, 0.1) is 0 Å². The molecule has 0 fully saturated rings. The largest absolute Gasteiger partial charge is 0.277 e. The highest BCUT2D eigenvalue weighted by Gasteiger charge is 2.15. The summed E-state index contributed by atoms with van der Waals surface area (Å²) in [6.07, 6.45) is 8.98. The predicted octanol–water partition coefficient (Wildman–Crippen LogP) is 3.77. The Morgan fingerprint density at radius 3 is 2.87 bits per heavy atom. The van der Waals surface area contributed by atoms with E-state index in [1.165, 1.54) is 11.1 Å².